The van der Waals surface area contributed by atoms with E-state index in [-0.39, 0.29) is 0 Å². The van der Waals surface area contributed by atoms with Gasteiger partial charge in [-0.05, 0) is 33.6 Å². The molecule has 1 aliphatic carbocycles. The fraction of sp³-hybridized carbons (Fsp3) is 1.00. The molecule has 1 rings (SSSR count). The Labute approximate surface area is 80.0 Å². The van der Waals surface area contributed by atoms with Crippen LogP contribution in [0.1, 0.15) is 52.9 Å². The topological polar surface area (TPSA) is 38.4 Å². The molecule has 1 fully saturated rings. The van der Waals surface area contributed by atoms with E-state index in [1.807, 2.05) is 20.8 Å². The van der Waals surface area contributed by atoms with Gasteiger partial charge in [-0.15, -0.1) is 0 Å². The maximum absolute atomic E-state index is 11.8. The summed E-state index contributed by atoms with van der Waals surface area (Å²) in [7, 11) is 0. The number of hydrogen-bond acceptors (Lipinski definition) is 2. The molecule has 0 aromatic carbocycles. The molecule has 0 aromatic rings. The summed E-state index contributed by atoms with van der Waals surface area (Å²) >= 11 is 0. The molecule has 0 saturated heterocycles. The van der Waals surface area contributed by atoms with Crippen LogP contribution in [0.25, 0.3) is 0 Å². The van der Waals surface area contributed by atoms with Crippen LogP contribution in [0.2, 0.25) is 0 Å². The molecule has 0 heterocycles. The van der Waals surface area contributed by atoms with Crippen LogP contribution in [0.5, 0.6) is 0 Å². The Kier molecular flexibility index (Phi) is 3.33. The van der Waals surface area contributed by atoms with Crippen LogP contribution in [-0.2, 0) is 14.9 Å². The minimum Gasteiger partial charge on any atom is -0.228 e. The van der Waals surface area contributed by atoms with Gasteiger partial charge in [0, 0.05) is 12.8 Å². The van der Waals surface area contributed by atoms with Crippen LogP contribution in [0.4, 0.5) is 0 Å². The first-order chi connectivity index (χ1) is 5.91. The van der Waals surface area contributed by atoms with E-state index in [2.05, 4.69) is 0 Å². The standard InChI is InChI=1S/C10H19O3/c1-9(2,3)12-13-10(11)7-5-4-6-8-10/h4-8H2,1-3H3. The SMILES string of the molecule is CC(C)(C)OOC1([O])CCCCC1. The first-order valence-electron chi connectivity index (χ1n) is 4.99. The van der Waals surface area contributed by atoms with Gasteiger partial charge in [-0.3, -0.25) is 0 Å². The molecular formula is C10H19O3. The highest BCUT2D eigenvalue weighted by Gasteiger charge is 2.35. The van der Waals surface area contributed by atoms with Gasteiger partial charge in [-0.25, -0.2) is 4.89 Å². The highest BCUT2D eigenvalue weighted by Crippen LogP contribution is 2.31. The van der Waals surface area contributed by atoms with Gasteiger partial charge in [0.2, 0.25) is 5.79 Å². The van der Waals surface area contributed by atoms with Crippen LogP contribution >= 0.6 is 0 Å². The summed E-state index contributed by atoms with van der Waals surface area (Å²) in [6, 6.07) is 0. The predicted octanol–water partition coefficient (Wildman–Crippen LogP) is 2.82. The third kappa shape index (κ3) is 4.07. The zero-order valence-corrected chi connectivity index (χ0v) is 8.76. The molecule has 0 spiro atoms. The summed E-state index contributed by atoms with van der Waals surface area (Å²) in [4.78, 5) is 10.0. The zero-order chi connectivity index (χ0) is 9.95. The van der Waals surface area contributed by atoms with Crippen LogP contribution in [-0.4, -0.2) is 11.4 Å². The van der Waals surface area contributed by atoms with E-state index in [0.717, 1.165) is 19.3 Å². The van der Waals surface area contributed by atoms with Crippen molar-refractivity contribution >= 4 is 0 Å². The van der Waals surface area contributed by atoms with Crippen LogP contribution in [0.3, 0.4) is 0 Å². The highest BCUT2D eigenvalue weighted by atomic mass is 17.2. The van der Waals surface area contributed by atoms with E-state index in [1.54, 1.807) is 0 Å². The van der Waals surface area contributed by atoms with Crippen LogP contribution in [0.15, 0.2) is 0 Å². The summed E-state index contributed by atoms with van der Waals surface area (Å²) in [6.45, 7) is 5.62. The summed E-state index contributed by atoms with van der Waals surface area (Å²) in [5, 5.41) is 11.8. The van der Waals surface area contributed by atoms with Gasteiger partial charge in [0.15, 0.2) is 0 Å². The van der Waals surface area contributed by atoms with Crippen molar-refractivity contribution in [2.75, 3.05) is 0 Å². The van der Waals surface area contributed by atoms with E-state index < -0.39 is 11.4 Å². The van der Waals surface area contributed by atoms with Crippen LogP contribution < -0.4 is 0 Å². The van der Waals surface area contributed by atoms with Gasteiger partial charge in [-0.1, -0.05) is 6.42 Å². The van der Waals surface area contributed by atoms with Crippen molar-refractivity contribution in [3.05, 3.63) is 0 Å². The Morgan fingerprint density at radius 2 is 1.62 bits per heavy atom. The molecule has 0 unspecified atom stereocenters. The Balaban J connectivity index is 2.33. The molecule has 0 aromatic heterocycles. The van der Waals surface area contributed by atoms with E-state index in [4.69, 9.17) is 9.78 Å². The molecule has 0 N–H and O–H groups in total. The lowest BCUT2D eigenvalue weighted by Crippen LogP contribution is -2.36. The zero-order valence-electron chi connectivity index (χ0n) is 8.76. The normalized spacial score (nSPS) is 23.1. The second kappa shape index (κ2) is 3.95. The van der Waals surface area contributed by atoms with Gasteiger partial charge in [0.05, 0.1) is 5.60 Å². The minimum absolute atomic E-state index is 0.394. The molecule has 13 heavy (non-hydrogen) atoms. The van der Waals surface area contributed by atoms with Crippen LogP contribution in [0, 0.1) is 0 Å². The molecule has 0 bridgehead atoms. The molecule has 0 atom stereocenters. The van der Waals surface area contributed by atoms with Gasteiger partial charge in [0.1, 0.15) is 0 Å². The van der Waals surface area contributed by atoms with Gasteiger partial charge in [0.25, 0.3) is 0 Å². The van der Waals surface area contributed by atoms with E-state index in [9.17, 15) is 5.11 Å². The van der Waals surface area contributed by atoms with Crippen molar-refractivity contribution in [3.8, 4) is 0 Å². The number of rotatable bonds is 2. The summed E-state index contributed by atoms with van der Waals surface area (Å²) in [5.74, 6) is -1.29. The first kappa shape index (κ1) is 11.0. The summed E-state index contributed by atoms with van der Waals surface area (Å²) in [5.41, 5.74) is -0.394. The monoisotopic (exact) mass is 187 g/mol. The number of hydrogen-bond donors (Lipinski definition) is 0. The third-order valence-electron chi connectivity index (χ3n) is 2.06. The third-order valence-corrected chi connectivity index (χ3v) is 2.06. The maximum atomic E-state index is 11.8. The van der Waals surface area contributed by atoms with Gasteiger partial charge >= 0.3 is 0 Å². The average Bonchev–Trinajstić information content (AvgIpc) is 2.02. The molecular weight excluding hydrogens is 168 g/mol. The lowest BCUT2D eigenvalue weighted by molar-refractivity contribution is -0.469. The maximum Gasteiger partial charge on any atom is 0.234 e. The van der Waals surface area contributed by atoms with Crippen molar-refractivity contribution in [1.29, 1.82) is 0 Å². The largest absolute Gasteiger partial charge is 0.234 e. The molecule has 3 heteroatoms. The molecule has 3 nitrogen and oxygen atoms in total. The Hall–Kier alpha value is -0.120. The lowest BCUT2D eigenvalue weighted by Gasteiger charge is -2.31. The second-order valence-corrected chi connectivity index (χ2v) is 4.75. The summed E-state index contributed by atoms with van der Waals surface area (Å²) < 4.78 is 0. The molecule has 0 amide bonds. The quantitative estimate of drug-likeness (QED) is 0.379. The molecule has 77 valence electrons. The smallest absolute Gasteiger partial charge is 0.228 e. The van der Waals surface area contributed by atoms with E-state index in [1.165, 1.54) is 0 Å². The predicted molar refractivity (Wildman–Crippen MR) is 48.4 cm³/mol. The summed E-state index contributed by atoms with van der Waals surface area (Å²) in [6.07, 6.45) is 4.20. The fourth-order valence-electron chi connectivity index (χ4n) is 1.37. The Morgan fingerprint density at radius 1 is 1.08 bits per heavy atom. The second-order valence-electron chi connectivity index (χ2n) is 4.75. The first-order valence-corrected chi connectivity index (χ1v) is 4.99. The average molecular weight is 187 g/mol. The molecule has 1 saturated carbocycles. The Bertz CT molecular complexity index is 154. The van der Waals surface area contributed by atoms with E-state index in [0.29, 0.717) is 12.8 Å². The fourth-order valence-corrected chi connectivity index (χ4v) is 1.37. The van der Waals surface area contributed by atoms with Crippen molar-refractivity contribution in [1.82, 2.24) is 0 Å². The van der Waals surface area contributed by atoms with Gasteiger partial charge in [-0.2, -0.15) is 9.99 Å². The van der Waals surface area contributed by atoms with Crippen molar-refractivity contribution in [3.63, 3.8) is 0 Å². The molecule has 1 aliphatic rings. The van der Waals surface area contributed by atoms with E-state index >= 15 is 0 Å². The van der Waals surface area contributed by atoms with Crippen molar-refractivity contribution < 1.29 is 14.9 Å². The van der Waals surface area contributed by atoms with Crippen molar-refractivity contribution in [2.24, 2.45) is 0 Å². The Morgan fingerprint density at radius 3 is 2.08 bits per heavy atom. The lowest BCUT2D eigenvalue weighted by atomic mass is 9.95. The van der Waals surface area contributed by atoms with Gasteiger partial charge < -0.3 is 0 Å². The highest BCUT2D eigenvalue weighted by molar-refractivity contribution is 4.71. The molecule has 0 aliphatic heterocycles. The minimum atomic E-state index is -1.29. The molecule has 1 radical (unpaired) electrons. The van der Waals surface area contributed by atoms with Crippen molar-refractivity contribution in [2.45, 2.75) is 64.3 Å².